The summed E-state index contributed by atoms with van der Waals surface area (Å²) in [5.41, 5.74) is 0.397. The lowest BCUT2D eigenvalue weighted by Gasteiger charge is -2.19. The van der Waals surface area contributed by atoms with Crippen molar-refractivity contribution in [3.63, 3.8) is 0 Å². The molecule has 1 N–H and O–H groups in total. The van der Waals surface area contributed by atoms with Crippen LogP contribution in [0.15, 0.2) is 18.2 Å². The molecule has 1 aromatic carbocycles. The van der Waals surface area contributed by atoms with Crippen LogP contribution in [0.5, 0.6) is 0 Å². The van der Waals surface area contributed by atoms with E-state index in [0.29, 0.717) is 17.7 Å². The van der Waals surface area contributed by atoms with Crippen molar-refractivity contribution in [3.8, 4) is 12.3 Å². The molecular formula is C23H24F2N2O3. The molecule has 1 unspecified atom stereocenters. The maximum Gasteiger partial charge on any atom is 0.272 e. The van der Waals surface area contributed by atoms with E-state index in [1.807, 2.05) is 6.92 Å². The van der Waals surface area contributed by atoms with Gasteiger partial charge in [0.1, 0.15) is 5.69 Å². The number of hydrogen-bond acceptors (Lipinski definition) is 3. The lowest BCUT2D eigenvalue weighted by molar-refractivity contribution is -0.116. The molecule has 1 heterocycles. The number of amides is 1. The minimum Gasteiger partial charge on any atom is -0.343 e. The number of halogens is 2. The fourth-order valence-corrected chi connectivity index (χ4v) is 3.25. The summed E-state index contributed by atoms with van der Waals surface area (Å²) in [4.78, 5) is 38.2. The van der Waals surface area contributed by atoms with Crippen LogP contribution in [0.25, 0.3) is 0 Å². The van der Waals surface area contributed by atoms with Gasteiger partial charge in [0.05, 0.1) is 5.56 Å². The summed E-state index contributed by atoms with van der Waals surface area (Å²) in [5, 5.41) is 2.48. The molecule has 158 valence electrons. The molecule has 0 aliphatic rings. The molecule has 1 amide bonds. The van der Waals surface area contributed by atoms with Crippen LogP contribution in [-0.4, -0.2) is 22.0 Å². The van der Waals surface area contributed by atoms with Crippen LogP contribution in [0.1, 0.15) is 58.8 Å². The van der Waals surface area contributed by atoms with Crippen LogP contribution in [0, 0.1) is 43.2 Å². The fourth-order valence-electron chi connectivity index (χ4n) is 3.25. The molecule has 30 heavy (non-hydrogen) atoms. The number of hydrogen-bond donors (Lipinski definition) is 1. The quantitative estimate of drug-likeness (QED) is 0.416. The van der Waals surface area contributed by atoms with E-state index in [1.165, 1.54) is 10.6 Å². The number of carbonyl (C=O) groups is 3. The predicted octanol–water partition coefficient (Wildman–Crippen LogP) is 4.36. The number of aromatic nitrogens is 1. The molecule has 7 heteroatoms. The number of carbonyl (C=O) groups excluding carboxylic acids is 3. The van der Waals surface area contributed by atoms with Gasteiger partial charge in [-0.25, -0.2) is 8.78 Å². The number of anilines is 1. The maximum absolute atomic E-state index is 13.4. The van der Waals surface area contributed by atoms with E-state index in [0.717, 1.165) is 12.1 Å². The van der Waals surface area contributed by atoms with E-state index < -0.39 is 34.5 Å². The number of rotatable bonds is 7. The Labute approximate surface area is 174 Å². The molecule has 0 bridgehead atoms. The molecule has 1 aromatic heterocycles. The van der Waals surface area contributed by atoms with Crippen molar-refractivity contribution < 1.29 is 23.2 Å². The Hall–Kier alpha value is -3.27. The highest BCUT2D eigenvalue weighted by Gasteiger charge is 2.32. The first-order valence-electron chi connectivity index (χ1n) is 9.43. The number of benzene rings is 1. The van der Waals surface area contributed by atoms with E-state index in [-0.39, 0.29) is 23.4 Å². The normalized spacial score (nSPS) is 12.7. The van der Waals surface area contributed by atoms with E-state index >= 15 is 0 Å². The average Bonchev–Trinajstić information content (AvgIpc) is 2.92. The van der Waals surface area contributed by atoms with Crippen molar-refractivity contribution in [2.75, 3.05) is 5.32 Å². The van der Waals surface area contributed by atoms with E-state index in [9.17, 15) is 23.2 Å². The SMILES string of the molecule is C#CC(C)(CC)CC(=O)C(=O)c1c(C)c(C(=O)Nc2ccc(F)c(F)c2)n(C)c1C. The van der Waals surface area contributed by atoms with Crippen LogP contribution in [0.2, 0.25) is 0 Å². The van der Waals surface area contributed by atoms with Crippen molar-refractivity contribution in [2.24, 2.45) is 12.5 Å². The second-order valence-electron chi connectivity index (χ2n) is 7.56. The minimum absolute atomic E-state index is 0.0637. The molecule has 0 saturated carbocycles. The summed E-state index contributed by atoms with van der Waals surface area (Å²) in [6.07, 6.45) is 5.95. The highest BCUT2D eigenvalue weighted by Crippen LogP contribution is 2.28. The summed E-state index contributed by atoms with van der Waals surface area (Å²) >= 11 is 0. The molecule has 0 saturated heterocycles. The monoisotopic (exact) mass is 414 g/mol. The zero-order valence-electron chi connectivity index (χ0n) is 17.7. The summed E-state index contributed by atoms with van der Waals surface area (Å²) < 4.78 is 28.0. The number of nitrogens with zero attached hydrogens (tertiary/aromatic N) is 1. The minimum atomic E-state index is -1.10. The number of Topliss-reactive ketones (excluding diaryl/α,β-unsaturated/α-hetero) is 2. The van der Waals surface area contributed by atoms with Gasteiger partial charge in [-0.05, 0) is 44.9 Å². The third-order valence-electron chi connectivity index (χ3n) is 5.48. The van der Waals surface area contributed by atoms with Gasteiger partial charge < -0.3 is 9.88 Å². The van der Waals surface area contributed by atoms with Crippen LogP contribution in [-0.2, 0) is 11.8 Å². The van der Waals surface area contributed by atoms with Crippen molar-refractivity contribution in [1.82, 2.24) is 4.57 Å². The predicted molar refractivity (Wildman–Crippen MR) is 110 cm³/mol. The van der Waals surface area contributed by atoms with Crippen LogP contribution >= 0.6 is 0 Å². The Morgan fingerprint density at radius 2 is 1.83 bits per heavy atom. The molecule has 0 fully saturated rings. The van der Waals surface area contributed by atoms with E-state index in [2.05, 4.69) is 11.2 Å². The molecule has 1 atom stereocenters. The smallest absolute Gasteiger partial charge is 0.272 e. The maximum atomic E-state index is 13.4. The molecule has 0 radical (unpaired) electrons. The standard InChI is InChI=1S/C23H24F2N2O3/c1-7-23(5,8-2)12-18(28)21(29)19-13(3)20(27(6)14(19)4)22(30)26-15-9-10-16(24)17(25)11-15/h1,9-11H,8,12H2,2-6H3,(H,26,30). The Kier molecular flexibility index (Phi) is 6.61. The highest BCUT2D eigenvalue weighted by atomic mass is 19.2. The van der Waals surface area contributed by atoms with Gasteiger partial charge in [-0.1, -0.05) is 12.8 Å². The fraction of sp³-hybridized carbons (Fsp3) is 0.348. The van der Waals surface area contributed by atoms with Gasteiger partial charge in [0, 0.05) is 36.3 Å². The van der Waals surface area contributed by atoms with Gasteiger partial charge in [0.25, 0.3) is 5.91 Å². The second-order valence-corrected chi connectivity index (χ2v) is 7.56. The highest BCUT2D eigenvalue weighted by molar-refractivity contribution is 6.44. The third-order valence-corrected chi connectivity index (χ3v) is 5.48. The largest absolute Gasteiger partial charge is 0.343 e. The zero-order chi connectivity index (χ0) is 22.8. The molecule has 0 aliphatic heterocycles. The molecule has 2 aromatic rings. The Morgan fingerprint density at radius 1 is 1.20 bits per heavy atom. The van der Waals surface area contributed by atoms with E-state index in [1.54, 1.807) is 27.8 Å². The third kappa shape index (κ3) is 4.33. The Balaban J connectivity index is 2.37. The van der Waals surface area contributed by atoms with Crippen LogP contribution in [0.3, 0.4) is 0 Å². The molecule has 0 aliphatic carbocycles. The van der Waals surface area contributed by atoms with Crippen molar-refractivity contribution in [2.45, 2.75) is 40.5 Å². The first kappa shape index (κ1) is 23.0. The molecular weight excluding hydrogens is 390 g/mol. The van der Waals surface area contributed by atoms with Gasteiger partial charge in [-0.15, -0.1) is 6.42 Å². The first-order chi connectivity index (χ1) is 14.0. The van der Waals surface area contributed by atoms with Crippen LogP contribution in [0.4, 0.5) is 14.5 Å². The summed E-state index contributed by atoms with van der Waals surface area (Å²) in [6.45, 7) is 6.77. The molecule has 0 spiro atoms. The lowest BCUT2D eigenvalue weighted by atomic mass is 9.81. The number of nitrogens with one attached hydrogen (secondary N) is 1. The van der Waals surface area contributed by atoms with Crippen molar-refractivity contribution in [3.05, 3.63) is 52.3 Å². The number of ketones is 2. The van der Waals surface area contributed by atoms with Gasteiger partial charge in [-0.3, -0.25) is 14.4 Å². The van der Waals surface area contributed by atoms with Gasteiger partial charge in [0.15, 0.2) is 11.6 Å². The molecule has 2 rings (SSSR count). The van der Waals surface area contributed by atoms with Gasteiger partial charge in [0.2, 0.25) is 11.6 Å². The Bertz CT molecular complexity index is 1080. The summed E-state index contributed by atoms with van der Waals surface area (Å²) in [6, 6.07) is 2.99. The zero-order valence-corrected chi connectivity index (χ0v) is 17.7. The first-order valence-corrected chi connectivity index (χ1v) is 9.43. The summed E-state index contributed by atoms with van der Waals surface area (Å²) in [5.74, 6) is -1.50. The Morgan fingerprint density at radius 3 is 2.37 bits per heavy atom. The van der Waals surface area contributed by atoms with Crippen molar-refractivity contribution in [1.29, 1.82) is 0 Å². The lowest BCUT2D eigenvalue weighted by Crippen LogP contribution is -2.24. The van der Waals surface area contributed by atoms with E-state index in [4.69, 9.17) is 6.42 Å². The van der Waals surface area contributed by atoms with Gasteiger partial charge in [-0.2, -0.15) is 0 Å². The van der Waals surface area contributed by atoms with Gasteiger partial charge >= 0.3 is 0 Å². The average molecular weight is 414 g/mol. The van der Waals surface area contributed by atoms with Crippen LogP contribution < -0.4 is 5.32 Å². The molecule has 5 nitrogen and oxygen atoms in total. The number of terminal acetylenes is 1. The summed E-state index contributed by atoms with van der Waals surface area (Å²) in [7, 11) is 1.58. The topological polar surface area (TPSA) is 68.2 Å². The van der Waals surface area contributed by atoms with Crippen molar-refractivity contribution >= 4 is 23.2 Å². The second kappa shape index (κ2) is 8.62.